The molecular weight excluding hydrogens is 281 g/mol. The number of pyridine rings is 1. The quantitative estimate of drug-likeness (QED) is 0.601. The Morgan fingerprint density at radius 3 is 2.39 bits per heavy atom. The van der Waals surface area contributed by atoms with Crippen molar-refractivity contribution >= 4 is 16.0 Å². The molecule has 0 fully saturated rings. The van der Waals surface area contributed by atoms with Gasteiger partial charge in [0.15, 0.2) is 17.2 Å². The second-order valence-electron chi connectivity index (χ2n) is 2.89. The Labute approximate surface area is 98.1 Å². The van der Waals surface area contributed by atoms with E-state index >= 15 is 0 Å². The Kier molecular flexibility index (Phi) is 3.37. The average Bonchev–Trinajstić information content (AvgIpc) is 2.14. The van der Waals surface area contributed by atoms with Gasteiger partial charge in [0, 0.05) is 6.07 Å². The molecule has 0 unspecified atom stereocenters. The van der Waals surface area contributed by atoms with Crippen molar-refractivity contribution in [2.45, 2.75) is 5.51 Å². The lowest BCUT2D eigenvalue weighted by atomic mass is 10.3. The Morgan fingerprint density at radius 2 is 2.00 bits per heavy atom. The van der Waals surface area contributed by atoms with Crippen molar-refractivity contribution < 1.29 is 35.7 Å². The molecule has 3 N–H and O–H groups in total. The molecule has 1 aromatic rings. The number of nitrogens with two attached hydrogens (primary N) is 1. The second kappa shape index (κ2) is 4.33. The van der Waals surface area contributed by atoms with Crippen LogP contribution < -0.4 is 9.92 Å². The monoisotopic (exact) mass is 286 g/mol. The maximum absolute atomic E-state index is 12.0. The van der Waals surface area contributed by atoms with Gasteiger partial charge in [-0.25, -0.2) is 4.98 Å². The number of carbonyl (C=O) groups excluding carboxylic acids is 1. The number of aromatic nitrogens is 1. The van der Waals surface area contributed by atoms with E-state index in [4.69, 9.17) is 10.8 Å². The molecule has 0 bridgehead atoms. The highest BCUT2D eigenvalue weighted by atomic mass is 32.2. The lowest BCUT2D eigenvalue weighted by Crippen LogP contribution is -2.28. The Morgan fingerprint density at radius 1 is 1.44 bits per heavy atom. The minimum absolute atomic E-state index is 0.469. The van der Waals surface area contributed by atoms with Crippen LogP contribution in [0.15, 0.2) is 12.3 Å². The van der Waals surface area contributed by atoms with Crippen LogP contribution in [0.25, 0.3) is 0 Å². The summed E-state index contributed by atoms with van der Waals surface area (Å²) in [5.74, 6) is -2.95. The summed E-state index contributed by atoms with van der Waals surface area (Å²) < 4.78 is 60.7. The number of primary amides is 1. The number of nitrogens with zero attached hydrogens (tertiary/aromatic N) is 1. The van der Waals surface area contributed by atoms with Gasteiger partial charge in [0.1, 0.15) is 0 Å². The zero-order valence-electron chi connectivity index (χ0n) is 8.30. The zero-order valence-corrected chi connectivity index (χ0v) is 9.12. The fraction of sp³-hybridized carbons (Fsp3) is 0.143. The molecule has 18 heavy (non-hydrogen) atoms. The molecule has 1 amide bonds. The smallest absolute Gasteiger partial charge is 0.505 e. The van der Waals surface area contributed by atoms with Crippen molar-refractivity contribution in [3.8, 4) is 11.5 Å². The van der Waals surface area contributed by atoms with Gasteiger partial charge in [-0.3, -0.25) is 4.79 Å². The molecule has 0 spiro atoms. The van der Waals surface area contributed by atoms with Gasteiger partial charge >= 0.3 is 15.6 Å². The number of aromatic hydroxyl groups is 1. The first kappa shape index (κ1) is 14.0. The molecule has 0 aliphatic carbocycles. The first-order valence-corrected chi connectivity index (χ1v) is 5.45. The van der Waals surface area contributed by atoms with E-state index in [9.17, 15) is 26.4 Å². The molecular formula is C7H5F3N2O5S. The summed E-state index contributed by atoms with van der Waals surface area (Å²) in [4.78, 5) is 13.8. The number of amides is 1. The molecule has 0 saturated carbocycles. The summed E-state index contributed by atoms with van der Waals surface area (Å²) in [7, 11) is -5.87. The molecule has 1 aromatic heterocycles. The molecule has 7 nitrogen and oxygen atoms in total. The van der Waals surface area contributed by atoms with Gasteiger partial charge in [-0.05, 0) is 0 Å². The number of hydrogen-bond donors (Lipinski definition) is 2. The molecule has 11 heteroatoms. The standard InChI is InChI=1S/C7H5F3N2O5S/c8-7(9,10)18(15,16)17-3-1-4(13)5(6(11)14)12-2-3/h1-2,13H,(H2,11,14). The third-order valence-corrected chi connectivity index (χ3v) is 2.54. The lowest BCUT2D eigenvalue weighted by molar-refractivity contribution is -0.0500. The average molecular weight is 286 g/mol. The van der Waals surface area contributed by atoms with E-state index in [0.717, 1.165) is 0 Å². The third-order valence-electron chi connectivity index (χ3n) is 1.57. The second-order valence-corrected chi connectivity index (χ2v) is 4.42. The van der Waals surface area contributed by atoms with Crippen molar-refractivity contribution in [3.05, 3.63) is 18.0 Å². The summed E-state index contributed by atoms with van der Waals surface area (Å²) in [5, 5.41) is 9.14. The SMILES string of the molecule is NC(=O)c1ncc(OS(=O)(=O)C(F)(F)F)cc1O. The molecule has 0 aliphatic heterocycles. The molecule has 0 aromatic carbocycles. The van der Waals surface area contributed by atoms with E-state index in [1.165, 1.54) is 0 Å². The van der Waals surface area contributed by atoms with E-state index < -0.39 is 38.7 Å². The Hall–Kier alpha value is -2.04. The van der Waals surface area contributed by atoms with E-state index in [2.05, 4.69) is 9.17 Å². The lowest BCUT2D eigenvalue weighted by Gasteiger charge is -2.09. The van der Waals surface area contributed by atoms with Gasteiger partial charge in [0.25, 0.3) is 5.91 Å². The van der Waals surface area contributed by atoms with Crippen LogP contribution in [0.2, 0.25) is 0 Å². The zero-order chi connectivity index (χ0) is 14.1. The largest absolute Gasteiger partial charge is 0.534 e. The van der Waals surface area contributed by atoms with Crippen LogP contribution in [0.1, 0.15) is 10.5 Å². The maximum Gasteiger partial charge on any atom is 0.534 e. The predicted octanol–water partition coefficient (Wildman–Crippen LogP) is 0.114. The summed E-state index contributed by atoms with van der Waals surface area (Å²) in [6, 6.07) is 0.469. The van der Waals surface area contributed by atoms with Crippen LogP contribution in [0.4, 0.5) is 13.2 Å². The van der Waals surface area contributed by atoms with Crippen molar-refractivity contribution in [1.29, 1.82) is 0 Å². The topological polar surface area (TPSA) is 120 Å². The highest BCUT2D eigenvalue weighted by molar-refractivity contribution is 7.87. The van der Waals surface area contributed by atoms with Gasteiger partial charge in [-0.15, -0.1) is 0 Å². The molecule has 0 saturated heterocycles. The van der Waals surface area contributed by atoms with E-state index in [1.54, 1.807) is 0 Å². The Balaban J connectivity index is 3.09. The molecule has 1 heterocycles. The summed E-state index contributed by atoms with van der Waals surface area (Å²) in [6.45, 7) is 0. The third kappa shape index (κ3) is 2.80. The van der Waals surface area contributed by atoms with Crippen LogP contribution in [0, 0.1) is 0 Å². The molecule has 1 rings (SSSR count). The summed E-state index contributed by atoms with van der Waals surface area (Å²) in [6.07, 6.45) is 0.503. The predicted molar refractivity (Wildman–Crippen MR) is 50.0 cm³/mol. The molecule has 0 aliphatic rings. The summed E-state index contributed by atoms with van der Waals surface area (Å²) in [5.41, 5.74) is -1.49. The van der Waals surface area contributed by atoms with E-state index in [1.807, 2.05) is 0 Å². The van der Waals surface area contributed by atoms with E-state index in [0.29, 0.717) is 12.3 Å². The fourth-order valence-corrected chi connectivity index (χ4v) is 1.28. The number of carbonyl (C=O) groups is 1. The van der Waals surface area contributed by atoms with Gasteiger partial charge in [-0.1, -0.05) is 0 Å². The van der Waals surface area contributed by atoms with Gasteiger partial charge in [-0.2, -0.15) is 21.6 Å². The number of alkyl halides is 3. The van der Waals surface area contributed by atoms with Crippen molar-refractivity contribution in [3.63, 3.8) is 0 Å². The first-order chi connectivity index (χ1) is 8.04. The minimum Gasteiger partial charge on any atom is -0.505 e. The highest BCUT2D eigenvalue weighted by Gasteiger charge is 2.48. The maximum atomic E-state index is 12.0. The van der Waals surface area contributed by atoms with Gasteiger partial charge in [0.2, 0.25) is 0 Å². The number of hydrogen-bond acceptors (Lipinski definition) is 6. The molecule has 0 atom stereocenters. The van der Waals surface area contributed by atoms with Crippen LogP contribution >= 0.6 is 0 Å². The van der Waals surface area contributed by atoms with Crippen LogP contribution in [-0.2, 0) is 10.1 Å². The molecule has 100 valence electrons. The molecule has 0 radical (unpaired) electrons. The van der Waals surface area contributed by atoms with Crippen LogP contribution in [0.5, 0.6) is 11.5 Å². The fourth-order valence-electron chi connectivity index (χ4n) is 0.844. The number of halogens is 3. The van der Waals surface area contributed by atoms with E-state index in [-0.39, 0.29) is 0 Å². The van der Waals surface area contributed by atoms with Crippen LogP contribution in [-0.4, -0.2) is 29.9 Å². The normalized spacial score (nSPS) is 12.2. The first-order valence-electron chi connectivity index (χ1n) is 4.04. The highest BCUT2D eigenvalue weighted by Crippen LogP contribution is 2.28. The van der Waals surface area contributed by atoms with Crippen molar-refractivity contribution in [2.75, 3.05) is 0 Å². The van der Waals surface area contributed by atoms with Crippen molar-refractivity contribution in [1.82, 2.24) is 4.98 Å². The summed E-state index contributed by atoms with van der Waals surface area (Å²) >= 11 is 0. The van der Waals surface area contributed by atoms with Gasteiger partial charge in [0.05, 0.1) is 6.20 Å². The number of rotatable bonds is 3. The van der Waals surface area contributed by atoms with Crippen molar-refractivity contribution in [2.24, 2.45) is 5.73 Å². The Bertz CT molecular complexity index is 583. The van der Waals surface area contributed by atoms with Gasteiger partial charge < -0.3 is 15.0 Å². The van der Waals surface area contributed by atoms with Crippen LogP contribution in [0.3, 0.4) is 0 Å². The minimum atomic E-state index is -5.87.